The number of nitrogens with zero attached hydrogens (tertiary/aromatic N) is 2. The van der Waals surface area contributed by atoms with Crippen molar-refractivity contribution in [2.45, 2.75) is 6.42 Å². The lowest BCUT2D eigenvalue weighted by Crippen LogP contribution is -2.30. The minimum atomic E-state index is -0.470. The molecule has 0 radical (unpaired) electrons. The van der Waals surface area contributed by atoms with E-state index < -0.39 is 11.8 Å². The van der Waals surface area contributed by atoms with Crippen molar-refractivity contribution < 1.29 is 13.9 Å². The molecule has 2 aromatic rings. The number of ether oxygens (including phenoxy) is 1. The Hall–Kier alpha value is -2.90. The maximum absolute atomic E-state index is 13.4. The van der Waals surface area contributed by atoms with Crippen LogP contribution in [0.5, 0.6) is 5.88 Å². The highest BCUT2D eigenvalue weighted by molar-refractivity contribution is 5.89. The maximum Gasteiger partial charge on any atom is 0.319 e. The van der Waals surface area contributed by atoms with Crippen LogP contribution in [-0.2, 0) is 0 Å². The van der Waals surface area contributed by atoms with Crippen LogP contribution in [0.3, 0.4) is 0 Å². The van der Waals surface area contributed by atoms with Gasteiger partial charge in [0.05, 0.1) is 12.8 Å². The molecule has 8 heteroatoms. The van der Waals surface area contributed by atoms with Gasteiger partial charge >= 0.3 is 6.03 Å². The smallest absolute Gasteiger partial charge is 0.319 e. The van der Waals surface area contributed by atoms with Gasteiger partial charge in [0.2, 0.25) is 5.88 Å². The molecule has 23 heavy (non-hydrogen) atoms. The number of carbonyl (C=O) groups is 1. The highest BCUT2D eigenvalue weighted by Crippen LogP contribution is 2.12. The van der Waals surface area contributed by atoms with Gasteiger partial charge in [0.25, 0.3) is 0 Å². The summed E-state index contributed by atoms with van der Waals surface area (Å²) in [6, 6.07) is 7.23. The fourth-order valence-corrected chi connectivity index (χ4v) is 1.78. The molecule has 1 aromatic carbocycles. The first-order valence-corrected chi connectivity index (χ1v) is 7.08. The lowest BCUT2D eigenvalue weighted by Gasteiger charge is -2.09. The van der Waals surface area contributed by atoms with Crippen LogP contribution < -0.4 is 20.7 Å². The third-order valence-electron chi connectivity index (χ3n) is 2.92. The summed E-state index contributed by atoms with van der Waals surface area (Å²) in [6.07, 6.45) is 2.08. The molecule has 0 spiro atoms. The second-order valence-electron chi connectivity index (χ2n) is 4.59. The molecule has 1 aromatic heterocycles. The Bertz CT molecular complexity index is 653. The number of para-hydroxylation sites is 1. The average molecular weight is 319 g/mol. The van der Waals surface area contributed by atoms with Gasteiger partial charge in [-0.05, 0) is 18.6 Å². The number of carbonyl (C=O) groups excluding carboxylic acids is 1. The first-order valence-electron chi connectivity index (χ1n) is 7.08. The van der Waals surface area contributed by atoms with Gasteiger partial charge in [-0.2, -0.15) is 0 Å². The summed E-state index contributed by atoms with van der Waals surface area (Å²) in [7, 11) is 1.53. The predicted octanol–water partition coefficient (Wildman–Crippen LogP) is 2.25. The van der Waals surface area contributed by atoms with Crippen molar-refractivity contribution in [2.24, 2.45) is 0 Å². The quantitative estimate of drug-likeness (QED) is 0.681. The molecule has 0 saturated heterocycles. The van der Waals surface area contributed by atoms with Crippen LogP contribution >= 0.6 is 0 Å². The lowest BCUT2D eigenvalue weighted by atomic mass is 10.3. The van der Waals surface area contributed by atoms with E-state index in [1.807, 2.05) is 0 Å². The summed E-state index contributed by atoms with van der Waals surface area (Å²) in [4.78, 5) is 19.6. The lowest BCUT2D eigenvalue weighted by molar-refractivity contribution is 0.252. The molecule has 3 N–H and O–H groups in total. The SMILES string of the molecule is COc1cc(NCCCNC(=O)Nc2ccccc2F)ncn1. The van der Waals surface area contributed by atoms with E-state index in [1.165, 1.54) is 25.6 Å². The van der Waals surface area contributed by atoms with Crippen LogP contribution in [0.1, 0.15) is 6.42 Å². The molecular weight excluding hydrogens is 301 g/mol. The van der Waals surface area contributed by atoms with Crippen LogP contribution in [0.15, 0.2) is 36.7 Å². The molecule has 2 rings (SSSR count). The first kappa shape index (κ1) is 16.5. The number of benzene rings is 1. The second-order valence-corrected chi connectivity index (χ2v) is 4.59. The van der Waals surface area contributed by atoms with Crippen LogP contribution in [0.25, 0.3) is 0 Å². The minimum Gasteiger partial charge on any atom is -0.481 e. The summed E-state index contributed by atoms with van der Waals surface area (Å²) < 4.78 is 18.4. The molecule has 0 atom stereocenters. The molecule has 2 amide bonds. The standard InChI is InChI=1S/C15H18FN5O2/c1-23-14-9-13(19-10-20-14)17-7-4-8-18-15(22)21-12-6-3-2-5-11(12)16/h2-3,5-6,9-10H,4,7-8H2,1H3,(H,17,19,20)(H2,18,21,22). The number of hydrogen-bond donors (Lipinski definition) is 3. The van der Waals surface area contributed by atoms with Gasteiger partial charge < -0.3 is 20.7 Å². The Morgan fingerprint density at radius 3 is 2.87 bits per heavy atom. The second kappa shape index (κ2) is 8.52. The Balaban J connectivity index is 1.65. The largest absolute Gasteiger partial charge is 0.481 e. The molecule has 1 heterocycles. The molecule has 7 nitrogen and oxygen atoms in total. The Labute approximate surface area is 133 Å². The summed E-state index contributed by atoms with van der Waals surface area (Å²) in [6.45, 7) is 1.05. The zero-order valence-electron chi connectivity index (χ0n) is 12.7. The van der Waals surface area contributed by atoms with Crippen molar-refractivity contribution in [3.63, 3.8) is 0 Å². The van der Waals surface area contributed by atoms with Gasteiger partial charge in [0.1, 0.15) is 18.0 Å². The normalized spacial score (nSPS) is 10.0. The van der Waals surface area contributed by atoms with E-state index in [2.05, 4.69) is 25.9 Å². The van der Waals surface area contributed by atoms with E-state index in [-0.39, 0.29) is 5.69 Å². The van der Waals surface area contributed by atoms with E-state index in [4.69, 9.17) is 4.74 Å². The molecule has 0 aliphatic heterocycles. The van der Waals surface area contributed by atoms with Crippen LogP contribution in [0, 0.1) is 5.82 Å². The van der Waals surface area contributed by atoms with Crippen molar-refractivity contribution in [3.8, 4) is 5.88 Å². The van der Waals surface area contributed by atoms with Gasteiger partial charge in [-0.3, -0.25) is 0 Å². The van der Waals surface area contributed by atoms with Crippen molar-refractivity contribution in [2.75, 3.05) is 30.8 Å². The Morgan fingerprint density at radius 2 is 2.09 bits per heavy atom. The zero-order chi connectivity index (χ0) is 16.5. The Kier molecular flexibility index (Phi) is 6.10. The topological polar surface area (TPSA) is 88.2 Å². The Morgan fingerprint density at radius 1 is 1.26 bits per heavy atom. The number of methoxy groups -OCH3 is 1. The third kappa shape index (κ3) is 5.42. The minimum absolute atomic E-state index is 0.149. The maximum atomic E-state index is 13.4. The van der Waals surface area contributed by atoms with Crippen molar-refractivity contribution >= 4 is 17.5 Å². The molecule has 122 valence electrons. The zero-order valence-corrected chi connectivity index (χ0v) is 12.7. The van der Waals surface area contributed by atoms with Gasteiger partial charge in [-0.25, -0.2) is 19.2 Å². The number of anilines is 2. The number of urea groups is 1. The van der Waals surface area contributed by atoms with Crippen molar-refractivity contribution in [3.05, 3.63) is 42.5 Å². The van der Waals surface area contributed by atoms with E-state index in [1.54, 1.807) is 18.2 Å². The van der Waals surface area contributed by atoms with Crippen LogP contribution in [0.4, 0.5) is 20.7 Å². The van der Waals surface area contributed by atoms with E-state index in [0.29, 0.717) is 31.2 Å². The van der Waals surface area contributed by atoms with Gasteiger partial charge in [0, 0.05) is 19.2 Å². The molecule has 0 unspecified atom stereocenters. The molecule has 0 fully saturated rings. The van der Waals surface area contributed by atoms with E-state index >= 15 is 0 Å². The molecular formula is C15H18FN5O2. The average Bonchev–Trinajstić information content (AvgIpc) is 2.57. The highest BCUT2D eigenvalue weighted by atomic mass is 19.1. The predicted molar refractivity (Wildman–Crippen MR) is 85.1 cm³/mol. The molecule has 0 aliphatic carbocycles. The number of amides is 2. The fraction of sp³-hybridized carbons (Fsp3) is 0.267. The summed E-state index contributed by atoms with van der Waals surface area (Å²) in [5.74, 6) is 0.652. The van der Waals surface area contributed by atoms with Gasteiger partial charge in [-0.1, -0.05) is 12.1 Å². The van der Waals surface area contributed by atoms with Gasteiger partial charge in [-0.15, -0.1) is 0 Å². The number of aromatic nitrogens is 2. The summed E-state index contributed by atoms with van der Waals surface area (Å²) >= 11 is 0. The molecule has 0 bridgehead atoms. The van der Waals surface area contributed by atoms with E-state index in [0.717, 1.165) is 0 Å². The third-order valence-corrected chi connectivity index (χ3v) is 2.92. The molecule has 0 saturated carbocycles. The highest BCUT2D eigenvalue weighted by Gasteiger charge is 2.05. The summed E-state index contributed by atoms with van der Waals surface area (Å²) in [5, 5.41) is 8.19. The van der Waals surface area contributed by atoms with Gasteiger partial charge in [0.15, 0.2) is 0 Å². The fourth-order valence-electron chi connectivity index (χ4n) is 1.78. The molecule has 0 aliphatic rings. The number of hydrogen-bond acceptors (Lipinski definition) is 5. The van der Waals surface area contributed by atoms with Crippen molar-refractivity contribution in [1.82, 2.24) is 15.3 Å². The van der Waals surface area contributed by atoms with Crippen LogP contribution in [0.2, 0.25) is 0 Å². The summed E-state index contributed by atoms with van der Waals surface area (Å²) in [5.41, 5.74) is 0.149. The first-order chi connectivity index (χ1) is 11.2. The number of nitrogens with one attached hydrogen (secondary N) is 3. The number of halogens is 1. The monoisotopic (exact) mass is 319 g/mol. The van der Waals surface area contributed by atoms with Crippen LogP contribution in [-0.4, -0.2) is 36.2 Å². The number of rotatable bonds is 7. The van der Waals surface area contributed by atoms with E-state index in [9.17, 15) is 9.18 Å². The van der Waals surface area contributed by atoms with Crippen molar-refractivity contribution in [1.29, 1.82) is 0 Å².